The van der Waals surface area contributed by atoms with Gasteiger partial charge in [-0.05, 0) is 36.0 Å². The number of piperidine rings is 1. The van der Waals surface area contributed by atoms with E-state index in [9.17, 15) is 4.79 Å². The molecule has 0 N–H and O–H groups in total. The van der Waals surface area contributed by atoms with Crippen LogP contribution in [-0.4, -0.2) is 36.5 Å². The first kappa shape index (κ1) is 19.6. The summed E-state index contributed by atoms with van der Waals surface area (Å²) in [5.41, 5.74) is 2.43. The lowest BCUT2D eigenvalue weighted by Gasteiger charge is -2.46. The van der Waals surface area contributed by atoms with Crippen molar-refractivity contribution < 1.29 is 4.79 Å². The van der Waals surface area contributed by atoms with Gasteiger partial charge in [0.2, 0.25) is 5.91 Å². The third-order valence-electron chi connectivity index (χ3n) is 5.72. The third kappa shape index (κ3) is 4.78. The number of carbonyl (C=O) groups excluding carboxylic acids is 1. The van der Waals surface area contributed by atoms with E-state index in [4.69, 9.17) is 0 Å². The maximum Gasteiger partial charge on any atom is 0.226 e. The molecule has 3 heteroatoms. The van der Waals surface area contributed by atoms with Crippen molar-refractivity contribution in [3.63, 3.8) is 0 Å². The Kier molecular flexibility index (Phi) is 6.68. The standard InChI is InChI=1S/C24H32N2O/c1-4-23(27)26(22-13-9-6-10-14-22)24-19(2)17-25(18-20(24)3)16-15-21-11-7-5-8-12-21/h5-14,19-20,24H,4,15-18H2,1-3H3. The van der Waals surface area contributed by atoms with E-state index in [1.165, 1.54) is 5.56 Å². The summed E-state index contributed by atoms with van der Waals surface area (Å²) in [4.78, 5) is 17.4. The molecule has 27 heavy (non-hydrogen) atoms. The number of amides is 1. The normalized spacial score (nSPS) is 23.1. The van der Waals surface area contributed by atoms with Gasteiger partial charge in [0.05, 0.1) is 0 Å². The van der Waals surface area contributed by atoms with Crippen molar-refractivity contribution in [3.05, 3.63) is 66.2 Å². The van der Waals surface area contributed by atoms with E-state index in [0.717, 1.165) is 31.7 Å². The Morgan fingerprint density at radius 2 is 1.52 bits per heavy atom. The number of carbonyl (C=O) groups is 1. The van der Waals surface area contributed by atoms with Crippen LogP contribution < -0.4 is 4.90 Å². The molecule has 1 aliphatic rings. The maximum absolute atomic E-state index is 12.8. The first-order chi connectivity index (χ1) is 13.1. The van der Waals surface area contributed by atoms with E-state index in [-0.39, 0.29) is 11.9 Å². The molecule has 2 aromatic rings. The smallest absolute Gasteiger partial charge is 0.226 e. The topological polar surface area (TPSA) is 23.6 Å². The molecule has 1 amide bonds. The summed E-state index contributed by atoms with van der Waals surface area (Å²) in [5.74, 6) is 1.11. The van der Waals surface area contributed by atoms with Crippen LogP contribution in [0.5, 0.6) is 0 Å². The molecular weight excluding hydrogens is 332 g/mol. The van der Waals surface area contributed by atoms with Gasteiger partial charge in [-0.15, -0.1) is 0 Å². The summed E-state index contributed by atoms with van der Waals surface area (Å²) in [6.07, 6.45) is 1.63. The third-order valence-corrected chi connectivity index (χ3v) is 5.72. The Bertz CT molecular complexity index is 704. The highest BCUT2D eigenvalue weighted by atomic mass is 16.2. The zero-order chi connectivity index (χ0) is 19.2. The molecule has 3 rings (SSSR count). The molecule has 0 aromatic heterocycles. The van der Waals surface area contributed by atoms with Gasteiger partial charge in [-0.2, -0.15) is 0 Å². The van der Waals surface area contributed by atoms with E-state index >= 15 is 0 Å². The predicted molar refractivity (Wildman–Crippen MR) is 113 cm³/mol. The number of hydrogen-bond donors (Lipinski definition) is 0. The molecule has 2 unspecified atom stereocenters. The molecular formula is C24H32N2O. The Hall–Kier alpha value is -2.13. The van der Waals surface area contributed by atoms with E-state index in [0.29, 0.717) is 18.3 Å². The molecule has 0 spiro atoms. The van der Waals surface area contributed by atoms with Gasteiger partial charge in [0.1, 0.15) is 0 Å². The van der Waals surface area contributed by atoms with Crippen LogP contribution in [-0.2, 0) is 11.2 Å². The van der Waals surface area contributed by atoms with Crippen molar-refractivity contribution in [2.75, 3.05) is 24.5 Å². The number of hydrogen-bond acceptors (Lipinski definition) is 2. The summed E-state index contributed by atoms with van der Waals surface area (Å²) in [6.45, 7) is 9.73. The minimum atomic E-state index is 0.225. The highest BCUT2D eigenvalue weighted by molar-refractivity contribution is 5.93. The van der Waals surface area contributed by atoms with Crippen LogP contribution in [0.3, 0.4) is 0 Å². The Morgan fingerprint density at radius 1 is 0.963 bits per heavy atom. The van der Waals surface area contributed by atoms with E-state index in [1.807, 2.05) is 25.1 Å². The maximum atomic E-state index is 12.8. The SMILES string of the molecule is CCC(=O)N(c1ccccc1)C1C(C)CN(CCc2ccccc2)CC1C. The average molecular weight is 365 g/mol. The number of benzene rings is 2. The summed E-state index contributed by atoms with van der Waals surface area (Å²) in [6, 6.07) is 21.1. The second-order valence-corrected chi connectivity index (χ2v) is 7.89. The second-order valence-electron chi connectivity index (χ2n) is 7.89. The molecule has 1 saturated heterocycles. The fourth-order valence-electron chi connectivity index (χ4n) is 4.53. The van der Waals surface area contributed by atoms with E-state index in [1.54, 1.807) is 0 Å². The lowest BCUT2D eigenvalue weighted by molar-refractivity contribution is -0.119. The molecule has 144 valence electrons. The Balaban J connectivity index is 1.70. The van der Waals surface area contributed by atoms with Crippen LogP contribution >= 0.6 is 0 Å². The van der Waals surface area contributed by atoms with Crippen molar-refractivity contribution in [2.24, 2.45) is 11.8 Å². The van der Waals surface area contributed by atoms with Crippen LogP contribution in [0, 0.1) is 11.8 Å². The molecule has 1 heterocycles. The molecule has 2 aromatic carbocycles. The lowest BCUT2D eigenvalue weighted by Crippen LogP contribution is -2.57. The first-order valence-corrected chi connectivity index (χ1v) is 10.2. The van der Waals surface area contributed by atoms with Gasteiger partial charge in [-0.1, -0.05) is 69.3 Å². The number of nitrogens with zero attached hydrogens (tertiary/aromatic N) is 2. The van der Waals surface area contributed by atoms with Gasteiger partial charge in [-0.25, -0.2) is 0 Å². The van der Waals surface area contributed by atoms with E-state index < -0.39 is 0 Å². The molecule has 0 saturated carbocycles. The molecule has 3 nitrogen and oxygen atoms in total. The van der Waals surface area contributed by atoms with Crippen LogP contribution in [0.2, 0.25) is 0 Å². The molecule has 1 aliphatic heterocycles. The van der Waals surface area contributed by atoms with Crippen molar-refractivity contribution in [3.8, 4) is 0 Å². The summed E-state index contributed by atoms with van der Waals surface area (Å²) >= 11 is 0. The summed E-state index contributed by atoms with van der Waals surface area (Å²) < 4.78 is 0. The monoisotopic (exact) mass is 364 g/mol. The first-order valence-electron chi connectivity index (χ1n) is 10.2. The molecule has 0 aliphatic carbocycles. The van der Waals surface area contributed by atoms with Crippen LogP contribution in [0.25, 0.3) is 0 Å². The largest absolute Gasteiger partial charge is 0.309 e. The fourth-order valence-corrected chi connectivity index (χ4v) is 4.53. The van der Waals surface area contributed by atoms with Gasteiger partial charge in [0, 0.05) is 37.8 Å². The number of anilines is 1. The van der Waals surface area contributed by atoms with Crippen molar-refractivity contribution in [1.82, 2.24) is 4.90 Å². The van der Waals surface area contributed by atoms with Crippen LogP contribution in [0.4, 0.5) is 5.69 Å². The fraction of sp³-hybridized carbons (Fsp3) is 0.458. The minimum Gasteiger partial charge on any atom is -0.309 e. The van der Waals surface area contributed by atoms with Crippen molar-refractivity contribution in [2.45, 2.75) is 39.7 Å². The second kappa shape index (κ2) is 9.18. The highest BCUT2D eigenvalue weighted by Gasteiger charge is 2.38. The number of rotatable bonds is 6. The predicted octanol–water partition coefficient (Wildman–Crippen LogP) is 4.63. The Labute approximate surface area is 164 Å². The Morgan fingerprint density at radius 3 is 2.07 bits per heavy atom. The van der Waals surface area contributed by atoms with Gasteiger partial charge in [0.25, 0.3) is 0 Å². The highest BCUT2D eigenvalue weighted by Crippen LogP contribution is 2.31. The summed E-state index contributed by atoms with van der Waals surface area (Å²) in [7, 11) is 0. The van der Waals surface area contributed by atoms with Crippen LogP contribution in [0.1, 0.15) is 32.8 Å². The summed E-state index contributed by atoms with van der Waals surface area (Å²) in [5, 5.41) is 0. The van der Waals surface area contributed by atoms with Gasteiger partial charge >= 0.3 is 0 Å². The van der Waals surface area contributed by atoms with E-state index in [2.05, 4.69) is 66.1 Å². The molecule has 0 bridgehead atoms. The quantitative estimate of drug-likeness (QED) is 0.746. The molecule has 2 atom stereocenters. The minimum absolute atomic E-state index is 0.225. The molecule has 0 radical (unpaired) electrons. The van der Waals surface area contributed by atoms with Crippen molar-refractivity contribution in [1.29, 1.82) is 0 Å². The average Bonchev–Trinajstić information content (AvgIpc) is 2.70. The van der Waals surface area contributed by atoms with Gasteiger partial charge < -0.3 is 9.80 Å². The zero-order valence-electron chi connectivity index (χ0n) is 16.8. The lowest BCUT2D eigenvalue weighted by atomic mass is 9.83. The van der Waals surface area contributed by atoms with Crippen molar-refractivity contribution >= 4 is 11.6 Å². The number of likely N-dealkylation sites (tertiary alicyclic amines) is 1. The molecule has 1 fully saturated rings. The number of para-hydroxylation sites is 1. The van der Waals surface area contributed by atoms with Gasteiger partial charge in [0.15, 0.2) is 0 Å². The van der Waals surface area contributed by atoms with Crippen LogP contribution in [0.15, 0.2) is 60.7 Å². The van der Waals surface area contributed by atoms with Gasteiger partial charge in [-0.3, -0.25) is 4.79 Å². The zero-order valence-corrected chi connectivity index (χ0v) is 16.8.